The van der Waals surface area contributed by atoms with Crippen LogP contribution in [-0.2, 0) is 6.42 Å². The molecule has 0 unspecified atom stereocenters. The number of ether oxygens (including phenoxy) is 1. The lowest BCUT2D eigenvalue weighted by Gasteiger charge is -2.26. The predicted octanol–water partition coefficient (Wildman–Crippen LogP) is 4.27. The second-order valence-electron chi connectivity index (χ2n) is 5.92. The summed E-state index contributed by atoms with van der Waals surface area (Å²) in [6, 6.07) is 3.87. The van der Waals surface area contributed by atoms with E-state index in [9.17, 15) is 4.39 Å². The molecule has 0 saturated heterocycles. The van der Waals surface area contributed by atoms with Crippen molar-refractivity contribution >= 4 is 0 Å². The molecule has 0 atom stereocenters. The molecule has 0 spiro atoms. The summed E-state index contributed by atoms with van der Waals surface area (Å²) in [5.41, 5.74) is 1.95. The average molecular weight is 248 g/mol. The summed E-state index contributed by atoms with van der Waals surface area (Å²) in [4.78, 5) is 0. The molecule has 2 fully saturated rings. The van der Waals surface area contributed by atoms with Crippen molar-refractivity contribution in [2.75, 3.05) is 6.61 Å². The van der Waals surface area contributed by atoms with E-state index in [-0.39, 0.29) is 5.82 Å². The molecule has 0 aliphatic heterocycles. The molecule has 0 N–H and O–H groups in total. The van der Waals surface area contributed by atoms with Crippen LogP contribution in [0.2, 0.25) is 0 Å². The van der Waals surface area contributed by atoms with Crippen molar-refractivity contribution in [1.82, 2.24) is 0 Å². The van der Waals surface area contributed by atoms with E-state index < -0.39 is 0 Å². The fourth-order valence-electron chi connectivity index (χ4n) is 2.53. The topological polar surface area (TPSA) is 9.23 Å². The van der Waals surface area contributed by atoms with Crippen LogP contribution in [0.4, 0.5) is 4.39 Å². The van der Waals surface area contributed by atoms with Crippen molar-refractivity contribution in [3.63, 3.8) is 0 Å². The first kappa shape index (κ1) is 12.0. The Morgan fingerprint density at radius 1 is 1.17 bits per heavy atom. The van der Waals surface area contributed by atoms with E-state index >= 15 is 0 Å². The highest BCUT2D eigenvalue weighted by Crippen LogP contribution is 2.34. The standard InChI is InChI=1S/C16H21FO/c1-11-14(9-12-3-2-4-12)7-8-15(16(11)17)18-10-13-5-6-13/h7-8,12-13H,2-6,9-10H2,1H3. The molecule has 0 bridgehead atoms. The minimum absolute atomic E-state index is 0.146. The molecule has 1 nitrogen and oxygen atoms in total. The zero-order valence-electron chi connectivity index (χ0n) is 11.0. The van der Waals surface area contributed by atoms with Gasteiger partial charge in [-0.15, -0.1) is 0 Å². The van der Waals surface area contributed by atoms with Gasteiger partial charge in [-0.05, 0) is 55.2 Å². The second-order valence-corrected chi connectivity index (χ2v) is 5.92. The van der Waals surface area contributed by atoms with Crippen LogP contribution in [0.15, 0.2) is 12.1 Å². The molecule has 0 heterocycles. The van der Waals surface area contributed by atoms with Crippen molar-refractivity contribution in [1.29, 1.82) is 0 Å². The van der Waals surface area contributed by atoms with Gasteiger partial charge in [0, 0.05) is 0 Å². The van der Waals surface area contributed by atoms with E-state index in [1.807, 2.05) is 13.0 Å². The average Bonchev–Trinajstić information content (AvgIpc) is 3.11. The Hall–Kier alpha value is -1.05. The molecule has 18 heavy (non-hydrogen) atoms. The molecule has 3 rings (SSSR count). The molecule has 1 aromatic carbocycles. The molecule has 0 radical (unpaired) electrons. The van der Waals surface area contributed by atoms with E-state index in [1.165, 1.54) is 32.1 Å². The molecule has 0 amide bonds. The van der Waals surface area contributed by atoms with E-state index in [2.05, 4.69) is 6.07 Å². The Morgan fingerprint density at radius 2 is 1.94 bits per heavy atom. The van der Waals surface area contributed by atoms with Crippen LogP contribution >= 0.6 is 0 Å². The van der Waals surface area contributed by atoms with Gasteiger partial charge in [0.15, 0.2) is 11.6 Å². The summed E-state index contributed by atoms with van der Waals surface area (Å²) in [5, 5.41) is 0. The quantitative estimate of drug-likeness (QED) is 0.756. The van der Waals surface area contributed by atoms with Gasteiger partial charge >= 0.3 is 0 Å². The van der Waals surface area contributed by atoms with Gasteiger partial charge in [0.25, 0.3) is 0 Å². The highest BCUT2D eigenvalue weighted by molar-refractivity contribution is 5.37. The number of hydrogen-bond acceptors (Lipinski definition) is 1. The zero-order valence-corrected chi connectivity index (χ0v) is 11.0. The Kier molecular flexibility index (Phi) is 3.27. The fourth-order valence-corrected chi connectivity index (χ4v) is 2.53. The molecular formula is C16H21FO. The molecule has 1 aromatic rings. The SMILES string of the molecule is Cc1c(CC2CCC2)ccc(OCC2CC2)c1F. The van der Waals surface area contributed by atoms with E-state index in [0.717, 1.165) is 23.5 Å². The van der Waals surface area contributed by atoms with Gasteiger partial charge in [-0.2, -0.15) is 0 Å². The largest absolute Gasteiger partial charge is 0.490 e. The van der Waals surface area contributed by atoms with Crippen LogP contribution in [0.1, 0.15) is 43.2 Å². The minimum Gasteiger partial charge on any atom is -0.490 e. The highest BCUT2D eigenvalue weighted by atomic mass is 19.1. The Bertz CT molecular complexity index is 433. The molecule has 2 saturated carbocycles. The summed E-state index contributed by atoms with van der Waals surface area (Å²) in [6.07, 6.45) is 7.46. The lowest BCUT2D eigenvalue weighted by molar-refractivity contribution is 0.283. The summed E-state index contributed by atoms with van der Waals surface area (Å²) in [5.74, 6) is 1.74. The molecule has 98 valence electrons. The van der Waals surface area contributed by atoms with Gasteiger partial charge in [-0.1, -0.05) is 25.3 Å². The van der Waals surface area contributed by atoms with Gasteiger partial charge in [0.1, 0.15) is 0 Å². The number of rotatable bonds is 5. The maximum atomic E-state index is 14.2. The van der Waals surface area contributed by atoms with Crippen molar-refractivity contribution < 1.29 is 9.13 Å². The van der Waals surface area contributed by atoms with Crippen LogP contribution in [-0.4, -0.2) is 6.61 Å². The van der Waals surface area contributed by atoms with Crippen molar-refractivity contribution in [3.8, 4) is 5.75 Å². The normalized spacial score (nSPS) is 19.7. The first-order chi connectivity index (χ1) is 8.74. The zero-order chi connectivity index (χ0) is 12.5. The maximum Gasteiger partial charge on any atom is 0.168 e. The number of benzene rings is 1. The van der Waals surface area contributed by atoms with Gasteiger partial charge in [0.2, 0.25) is 0 Å². The van der Waals surface area contributed by atoms with Crippen LogP contribution < -0.4 is 4.74 Å². The van der Waals surface area contributed by atoms with Gasteiger partial charge in [-0.25, -0.2) is 4.39 Å². The third-order valence-corrected chi connectivity index (χ3v) is 4.37. The summed E-state index contributed by atoms with van der Waals surface area (Å²) in [6.45, 7) is 2.56. The molecular weight excluding hydrogens is 227 g/mol. The van der Waals surface area contributed by atoms with Gasteiger partial charge in [-0.3, -0.25) is 0 Å². The minimum atomic E-state index is -0.146. The van der Waals surface area contributed by atoms with E-state index in [4.69, 9.17) is 4.74 Å². The van der Waals surface area contributed by atoms with Crippen LogP contribution in [0.25, 0.3) is 0 Å². The van der Waals surface area contributed by atoms with Crippen LogP contribution in [0.3, 0.4) is 0 Å². The van der Waals surface area contributed by atoms with Crippen molar-refractivity contribution in [2.45, 2.75) is 45.4 Å². The van der Waals surface area contributed by atoms with Gasteiger partial charge < -0.3 is 4.74 Å². The third kappa shape index (κ3) is 2.52. The monoisotopic (exact) mass is 248 g/mol. The van der Waals surface area contributed by atoms with Crippen molar-refractivity contribution in [2.24, 2.45) is 11.8 Å². The molecule has 2 heteroatoms. The number of hydrogen-bond donors (Lipinski definition) is 0. The maximum absolute atomic E-state index is 14.2. The Morgan fingerprint density at radius 3 is 2.56 bits per heavy atom. The number of halogens is 1. The second kappa shape index (κ2) is 4.91. The highest BCUT2D eigenvalue weighted by Gasteiger charge is 2.23. The molecule has 2 aliphatic rings. The predicted molar refractivity (Wildman–Crippen MR) is 70.4 cm³/mol. The lowest BCUT2D eigenvalue weighted by atomic mass is 9.80. The smallest absolute Gasteiger partial charge is 0.168 e. The third-order valence-electron chi connectivity index (χ3n) is 4.37. The Labute approximate surface area is 108 Å². The first-order valence-corrected chi connectivity index (χ1v) is 7.15. The molecule has 0 aromatic heterocycles. The summed E-state index contributed by atoms with van der Waals surface area (Å²) < 4.78 is 19.7. The van der Waals surface area contributed by atoms with E-state index in [0.29, 0.717) is 18.3 Å². The van der Waals surface area contributed by atoms with E-state index in [1.54, 1.807) is 0 Å². The summed E-state index contributed by atoms with van der Waals surface area (Å²) >= 11 is 0. The van der Waals surface area contributed by atoms with Crippen LogP contribution in [0, 0.1) is 24.6 Å². The summed E-state index contributed by atoms with van der Waals surface area (Å²) in [7, 11) is 0. The molecule has 2 aliphatic carbocycles. The van der Waals surface area contributed by atoms with Crippen LogP contribution in [0.5, 0.6) is 5.75 Å². The lowest BCUT2D eigenvalue weighted by Crippen LogP contribution is -2.15. The van der Waals surface area contributed by atoms with Crippen molar-refractivity contribution in [3.05, 3.63) is 29.1 Å². The fraction of sp³-hybridized carbons (Fsp3) is 0.625. The Balaban J connectivity index is 1.69. The van der Waals surface area contributed by atoms with Gasteiger partial charge in [0.05, 0.1) is 6.61 Å². The first-order valence-electron chi connectivity index (χ1n) is 7.15.